The number of nitrogens with zero attached hydrogens (tertiary/aromatic N) is 1. The predicted molar refractivity (Wildman–Crippen MR) is 91.8 cm³/mol. The van der Waals surface area contributed by atoms with Crippen molar-refractivity contribution in [1.82, 2.24) is 4.98 Å². The Kier molecular flexibility index (Phi) is 4.35. The van der Waals surface area contributed by atoms with Crippen LogP contribution in [0, 0.1) is 12.7 Å². The molecule has 0 unspecified atom stereocenters. The number of fused-ring (bicyclic) bond motifs is 1. The molecule has 0 bridgehead atoms. The summed E-state index contributed by atoms with van der Waals surface area (Å²) in [6, 6.07) is 12.5. The molecule has 0 aliphatic heterocycles. The molecule has 5 heteroatoms. The molecule has 0 saturated heterocycles. The quantitative estimate of drug-likeness (QED) is 0.734. The number of rotatable bonds is 4. The highest BCUT2D eigenvalue weighted by molar-refractivity contribution is 6.31. The number of aromatic nitrogens is 1. The Labute approximate surface area is 139 Å². The van der Waals surface area contributed by atoms with Crippen molar-refractivity contribution in [2.75, 3.05) is 12.4 Å². The largest absolute Gasteiger partial charge is 0.494 e. The molecule has 3 nitrogen and oxygen atoms in total. The molecule has 1 N–H and O–H groups in total. The number of ether oxygens (including phenoxy) is 1. The standard InChI is InChI=1S/C18H16ClFN2O/c1-11-9-15(13-6-4-8-16(23-2)18(13)22-11)21-10-12-5-3-7-14(20)17(12)19/h3-9H,10H2,1-2H3,(H,21,22). The summed E-state index contributed by atoms with van der Waals surface area (Å²) in [4.78, 5) is 4.54. The van der Waals surface area contributed by atoms with Gasteiger partial charge in [0.1, 0.15) is 17.1 Å². The zero-order valence-corrected chi connectivity index (χ0v) is 13.6. The van der Waals surface area contributed by atoms with E-state index in [9.17, 15) is 4.39 Å². The molecule has 0 amide bonds. The van der Waals surface area contributed by atoms with E-state index in [1.54, 1.807) is 19.2 Å². The molecule has 0 radical (unpaired) electrons. The van der Waals surface area contributed by atoms with Gasteiger partial charge in [0.25, 0.3) is 0 Å². The van der Waals surface area contributed by atoms with Gasteiger partial charge in [0.2, 0.25) is 0 Å². The Balaban J connectivity index is 1.98. The van der Waals surface area contributed by atoms with Crippen LogP contribution in [-0.4, -0.2) is 12.1 Å². The van der Waals surface area contributed by atoms with Crippen molar-refractivity contribution in [2.45, 2.75) is 13.5 Å². The molecule has 0 spiro atoms. The van der Waals surface area contributed by atoms with Gasteiger partial charge in [0, 0.05) is 23.3 Å². The summed E-state index contributed by atoms with van der Waals surface area (Å²) >= 11 is 6.01. The van der Waals surface area contributed by atoms with Crippen LogP contribution in [0.15, 0.2) is 42.5 Å². The van der Waals surface area contributed by atoms with Gasteiger partial charge in [-0.1, -0.05) is 35.9 Å². The van der Waals surface area contributed by atoms with Crippen molar-refractivity contribution < 1.29 is 9.13 Å². The van der Waals surface area contributed by atoms with Crippen LogP contribution in [0.4, 0.5) is 10.1 Å². The third kappa shape index (κ3) is 3.08. The molecule has 3 rings (SSSR count). The molecule has 1 heterocycles. The predicted octanol–water partition coefficient (Wildman–Crippen LogP) is 4.96. The topological polar surface area (TPSA) is 34.1 Å². The highest BCUT2D eigenvalue weighted by atomic mass is 35.5. The van der Waals surface area contributed by atoms with Crippen LogP contribution in [0.3, 0.4) is 0 Å². The van der Waals surface area contributed by atoms with E-state index < -0.39 is 5.82 Å². The van der Waals surface area contributed by atoms with Crippen molar-refractivity contribution in [1.29, 1.82) is 0 Å². The third-order valence-corrected chi connectivity index (χ3v) is 4.07. The van der Waals surface area contributed by atoms with Gasteiger partial charge in [-0.15, -0.1) is 0 Å². The number of halogens is 2. The lowest BCUT2D eigenvalue weighted by molar-refractivity contribution is 0.419. The Morgan fingerprint density at radius 1 is 1.22 bits per heavy atom. The summed E-state index contributed by atoms with van der Waals surface area (Å²) in [7, 11) is 1.62. The molecule has 0 saturated carbocycles. The Morgan fingerprint density at radius 3 is 2.78 bits per heavy atom. The number of benzene rings is 2. The van der Waals surface area contributed by atoms with E-state index in [-0.39, 0.29) is 5.02 Å². The number of hydrogen-bond donors (Lipinski definition) is 1. The minimum Gasteiger partial charge on any atom is -0.494 e. The van der Waals surface area contributed by atoms with Crippen LogP contribution in [-0.2, 0) is 6.54 Å². The zero-order valence-electron chi connectivity index (χ0n) is 12.9. The summed E-state index contributed by atoms with van der Waals surface area (Å²) in [5.41, 5.74) is 3.28. The van der Waals surface area contributed by atoms with Crippen LogP contribution in [0.5, 0.6) is 5.75 Å². The van der Waals surface area contributed by atoms with Crippen LogP contribution in [0.25, 0.3) is 10.9 Å². The molecule has 118 valence electrons. The molecular weight excluding hydrogens is 315 g/mol. The van der Waals surface area contributed by atoms with E-state index in [2.05, 4.69) is 10.3 Å². The highest BCUT2D eigenvalue weighted by Gasteiger charge is 2.10. The van der Waals surface area contributed by atoms with E-state index >= 15 is 0 Å². The fourth-order valence-electron chi connectivity index (χ4n) is 2.54. The van der Waals surface area contributed by atoms with Gasteiger partial charge in [-0.25, -0.2) is 9.37 Å². The summed E-state index contributed by atoms with van der Waals surface area (Å²) in [6.07, 6.45) is 0. The Hall–Kier alpha value is -2.33. The van der Waals surface area contributed by atoms with E-state index in [1.165, 1.54) is 6.07 Å². The summed E-state index contributed by atoms with van der Waals surface area (Å²) in [6.45, 7) is 2.35. The second-order valence-corrected chi connectivity index (χ2v) is 5.61. The van der Waals surface area contributed by atoms with Gasteiger partial charge < -0.3 is 10.1 Å². The molecule has 0 fully saturated rings. The first-order chi connectivity index (χ1) is 11.1. The maximum Gasteiger partial charge on any atom is 0.145 e. The monoisotopic (exact) mass is 330 g/mol. The van der Waals surface area contributed by atoms with Crippen LogP contribution in [0.1, 0.15) is 11.3 Å². The van der Waals surface area contributed by atoms with Crippen LogP contribution >= 0.6 is 11.6 Å². The van der Waals surface area contributed by atoms with Gasteiger partial charge in [-0.2, -0.15) is 0 Å². The number of aryl methyl sites for hydroxylation is 1. The van der Waals surface area contributed by atoms with Gasteiger partial charge in [0.15, 0.2) is 0 Å². The molecule has 3 aromatic rings. The van der Waals surface area contributed by atoms with Crippen molar-refractivity contribution in [3.8, 4) is 5.75 Å². The molecule has 0 aliphatic rings. The average Bonchev–Trinajstić information content (AvgIpc) is 2.55. The van der Waals surface area contributed by atoms with Crippen molar-refractivity contribution in [3.05, 3.63) is 64.6 Å². The SMILES string of the molecule is COc1cccc2c(NCc3cccc(F)c3Cl)cc(C)nc12. The lowest BCUT2D eigenvalue weighted by Crippen LogP contribution is -2.03. The maximum absolute atomic E-state index is 13.5. The lowest BCUT2D eigenvalue weighted by atomic mass is 10.1. The van der Waals surface area contributed by atoms with Crippen molar-refractivity contribution >= 4 is 28.2 Å². The Morgan fingerprint density at radius 2 is 2.00 bits per heavy atom. The molecule has 23 heavy (non-hydrogen) atoms. The summed E-state index contributed by atoms with van der Waals surface area (Å²) < 4.78 is 18.9. The van der Waals surface area contributed by atoms with E-state index in [1.807, 2.05) is 31.2 Å². The van der Waals surface area contributed by atoms with Crippen LogP contribution < -0.4 is 10.1 Å². The lowest BCUT2D eigenvalue weighted by Gasteiger charge is -2.13. The fourth-order valence-corrected chi connectivity index (χ4v) is 2.73. The maximum atomic E-state index is 13.5. The number of para-hydroxylation sites is 1. The van der Waals surface area contributed by atoms with Crippen molar-refractivity contribution in [3.63, 3.8) is 0 Å². The second kappa shape index (κ2) is 6.42. The molecule has 0 aliphatic carbocycles. The molecule has 0 atom stereocenters. The minimum absolute atomic E-state index is 0.146. The summed E-state index contributed by atoms with van der Waals surface area (Å²) in [5, 5.41) is 4.41. The van der Waals surface area contributed by atoms with Gasteiger partial charge in [0.05, 0.1) is 12.1 Å². The molecule has 1 aromatic heterocycles. The number of anilines is 1. The molecular formula is C18H16ClFN2O. The third-order valence-electron chi connectivity index (χ3n) is 3.65. The highest BCUT2D eigenvalue weighted by Crippen LogP contribution is 2.30. The number of pyridine rings is 1. The average molecular weight is 331 g/mol. The summed E-state index contributed by atoms with van der Waals surface area (Å²) in [5.74, 6) is 0.307. The first-order valence-corrected chi connectivity index (χ1v) is 7.59. The van der Waals surface area contributed by atoms with Gasteiger partial charge in [-0.3, -0.25) is 0 Å². The zero-order chi connectivity index (χ0) is 16.4. The van der Waals surface area contributed by atoms with E-state index in [0.29, 0.717) is 12.1 Å². The number of methoxy groups -OCH3 is 1. The first-order valence-electron chi connectivity index (χ1n) is 7.21. The molecule has 2 aromatic carbocycles. The Bertz CT molecular complexity index is 867. The normalized spacial score (nSPS) is 10.8. The number of hydrogen-bond acceptors (Lipinski definition) is 3. The smallest absolute Gasteiger partial charge is 0.145 e. The first kappa shape index (κ1) is 15.6. The van der Waals surface area contributed by atoms with Crippen LogP contribution in [0.2, 0.25) is 5.02 Å². The van der Waals surface area contributed by atoms with Crippen molar-refractivity contribution in [2.24, 2.45) is 0 Å². The van der Waals surface area contributed by atoms with E-state index in [0.717, 1.165) is 28.0 Å². The fraction of sp³-hybridized carbons (Fsp3) is 0.167. The number of nitrogens with one attached hydrogen (secondary N) is 1. The minimum atomic E-state index is -0.414. The van der Waals surface area contributed by atoms with Gasteiger partial charge in [-0.05, 0) is 30.7 Å². The van der Waals surface area contributed by atoms with E-state index in [4.69, 9.17) is 16.3 Å². The van der Waals surface area contributed by atoms with Gasteiger partial charge >= 0.3 is 0 Å². The second-order valence-electron chi connectivity index (χ2n) is 5.23.